The molecule has 5 heteroatoms. The maximum absolute atomic E-state index is 13.2. The molecule has 2 rings (SSSR count). The van der Waals surface area contributed by atoms with Crippen molar-refractivity contribution in [3.8, 4) is 0 Å². The zero-order chi connectivity index (χ0) is 13.8. The second kappa shape index (κ2) is 6.47. The molecule has 0 aliphatic carbocycles. The number of aromatic nitrogens is 2. The summed E-state index contributed by atoms with van der Waals surface area (Å²) in [6.45, 7) is 3.04. The van der Waals surface area contributed by atoms with Crippen molar-refractivity contribution < 1.29 is 4.39 Å². The van der Waals surface area contributed by atoms with Crippen LogP contribution in [0.1, 0.15) is 30.5 Å². The van der Waals surface area contributed by atoms with Crippen molar-refractivity contribution in [3.05, 3.63) is 51.1 Å². The number of rotatable bonds is 5. The zero-order valence-corrected chi connectivity index (χ0v) is 13.2. The van der Waals surface area contributed by atoms with Crippen LogP contribution >= 0.6 is 22.6 Å². The third kappa shape index (κ3) is 3.33. The topological polar surface area (TPSA) is 29.9 Å². The Bertz CT molecular complexity index is 553. The molecule has 0 radical (unpaired) electrons. The highest BCUT2D eigenvalue weighted by atomic mass is 127. The van der Waals surface area contributed by atoms with Gasteiger partial charge in [0.15, 0.2) is 0 Å². The summed E-state index contributed by atoms with van der Waals surface area (Å²) < 4.78 is 16.0. The van der Waals surface area contributed by atoms with Gasteiger partial charge in [0, 0.05) is 21.9 Å². The Kier molecular flexibility index (Phi) is 4.93. The fraction of sp³-hybridized carbons (Fsp3) is 0.357. The van der Waals surface area contributed by atoms with Crippen LogP contribution in [0.25, 0.3) is 0 Å². The van der Waals surface area contributed by atoms with Gasteiger partial charge in [-0.1, -0.05) is 13.0 Å². The van der Waals surface area contributed by atoms with Gasteiger partial charge < -0.3 is 5.32 Å². The van der Waals surface area contributed by atoms with E-state index < -0.39 is 0 Å². The monoisotopic (exact) mass is 373 g/mol. The average molecular weight is 373 g/mol. The lowest BCUT2D eigenvalue weighted by atomic mass is 10.0. The van der Waals surface area contributed by atoms with E-state index >= 15 is 0 Å². The molecule has 0 saturated carbocycles. The second-order valence-corrected chi connectivity index (χ2v) is 5.59. The molecule has 1 aromatic carbocycles. The summed E-state index contributed by atoms with van der Waals surface area (Å²) in [7, 11) is 1.90. The highest BCUT2D eigenvalue weighted by Gasteiger charge is 2.17. The average Bonchev–Trinajstić information content (AvgIpc) is 2.82. The van der Waals surface area contributed by atoms with Gasteiger partial charge in [0.05, 0.1) is 12.2 Å². The third-order valence-corrected chi connectivity index (χ3v) is 3.94. The molecule has 2 aromatic rings. The van der Waals surface area contributed by atoms with E-state index in [9.17, 15) is 4.39 Å². The summed E-state index contributed by atoms with van der Waals surface area (Å²) >= 11 is 2.17. The van der Waals surface area contributed by atoms with E-state index in [2.05, 4.69) is 39.9 Å². The van der Waals surface area contributed by atoms with Crippen LogP contribution in [0.2, 0.25) is 0 Å². The minimum atomic E-state index is -0.204. The molecule has 1 aromatic heterocycles. The van der Waals surface area contributed by atoms with E-state index in [-0.39, 0.29) is 11.9 Å². The fourth-order valence-electron chi connectivity index (χ4n) is 2.12. The number of benzene rings is 1. The molecule has 0 aliphatic rings. The van der Waals surface area contributed by atoms with Crippen molar-refractivity contribution >= 4 is 22.6 Å². The van der Waals surface area contributed by atoms with Gasteiger partial charge in [-0.15, -0.1) is 0 Å². The summed E-state index contributed by atoms with van der Waals surface area (Å²) in [6.07, 6.45) is 4.97. The Morgan fingerprint density at radius 1 is 1.47 bits per heavy atom. The maximum atomic E-state index is 13.2. The van der Waals surface area contributed by atoms with Crippen molar-refractivity contribution in [1.29, 1.82) is 0 Å². The first-order valence-corrected chi connectivity index (χ1v) is 7.38. The summed E-state index contributed by atoms with van der Waals surface area (Å²) in [5, 5.41) is 7.62. The van der Waals surface area contributed by atoms with Gasteiger partial charge in [-0.05, 0) is 53.8 Å². The Labute approximate surface area is 126 Å². The number of hydrogen-bond acceptors (Lipinski definition) is 2. The molecule has 0 saturated heterocycles. The molecule has 0 fully saturated rings. The predicted molar refractivity (Wildman–Crippen MR) is 82.5 cm³/mol. The quantitative estimate of drug-likeness (QED) is 0.815. The van der Waals surface area contributed by atoms with Crippen LogP contribution < -0.4 is 5.32 Å². The molecule has 0 amide bonds. The lowest BCUT2D eigenvalue weighted by Crippen LogP contribution is -2.18. The normalized spacial score (nSPS) is 12.6. The molecule has 19 heavy (non-hydrogen) atoms. The van der Waals surface area contributed by atoms with Gasteiger partial charge in [0.1, 0.15) is 5.82 Å². The van der Waals surface area contributed by atoms with Crippen LogP contribution in [0.3, 0.4) is 0 Å². The SMILES string of the molecule is CCCn1cc(C(NC)c2ccc(F)cc2I)cn1. The fourth-order valence-corrected chi connectivity index (χ4v) is 2.91. The van der Waals surface area contributed by atoms with Crippen molar-refractivity contribution in [3.63, 3.8) is 0 Å². The highest BCUT2D eigenvalue weighted by Crippen LogP contribution is 2.26. The molecule has 0 spiro atoms. The van der Waals surface area contributed by atoms with Gasteiger partial charge in [0.25, 0.3) is 0 Å². The highest BCUT2D eigenvalue weighted by molar-refractivity contribution is 14.1. The molecule has 0 aliphatic heterocycles. The number of nitrogens with zero attached hydrogens (tertiary/aromatic N) is 2. The molecular formula is C14H17FIN3. The first-order chi connectivity index (χ1) is 9.15. The van der Waals surface area contributed by atoms with E-state index in [0.717, 1.165) is 27.7 Å². The van der Waals surface area contributed by atoms with E-state index in [1.54, 1.807) is 6.07 Å². The molecule has 102 valence electrons. The molecule has 1 heterocycles. The molecule has 1 unspecified atom stereocenters. The van der Waals surface area contributed by atoms with Crippen molar-refractivity contribution in [2.24, 2.45) is 0 Å². The smallest absolute Gasteiger partial charge is 0.124 e. The van der Waals surface area contributed by atoms with E-state index in [0.29, 0.717) is 0 Å². The van der Waals surface area contributed by atoms with Crippen molar-refractivity contribution in [2.45, 2.75) is 25.9 Å². The zero-order valence-electron chi connectivity index (χ0n) is 11.0. The van der Waals surface area contributed by atoms with Gasteiger partial charge in [-0.3, -0.25) is 4.68 Å². The first kappa shape index (κ1) is 14.5. The summed E-state index contributed by atoms with van der Waals surface area (Å²) in [6, 6.07) is 4.92. The third-order valence-electron chi connectivity index (χ3n) is 3.00. The summed E-state index contributed by atoms with van der Waals surface area (Å²) in [5.41, 5.74) is 2.17. The lowest BCUT2D eigenvalue weighted by molar-refractivity contribution is 0.600. The number of nitrogens with one attached hydrogen (secondary N) is 1. The second-order valence-electron chi connectivity index (χ2n) is 4.42. The van der Waals surface area contributed by atoms with Crippen molar-refractivity contribution in [1.82, 2.24) is 15.1 Å². The van der Waals surface area contributed by atoms with Crippen LogP contribution in [0.5, 0.6) is 0 Å². The molecule has 3 nitrogen and oxygen atoms in total. The minimum Gasteiger partial charge on any atom is -0.309 e. The Morgan fingerprint density at radius 3 is 2.89 bits per heavy atom. The van der Waals surface area contributed by atoms with E-state index in [1.807, 2.05) is 30.2 Å². The predicted octanol–water partition coefficient (Wildman–Crippen LogP) is 3.35. The Morgan fingerprint density at radius 2 is 2.26 bits per heavy atom. The van der Waals surface area contributed by atoms with Crippen LogP contribution in [0, 0.1) is 9.39 Å². The van der Waals surface area contributed by atoms with Gasteiger partial charge in [-0.25, -0.2) is 4.39 Å². The number of halogens is 2. The van der Waals surface area contributed by atoms with Crippen molar-refractivity contribution in [2.75, 3.05) is 7.05 Å². The van der Waals surface area contributed by atoms with Gasteiger partial charge >= 0.3 is 0 Å². The van der Waals surface area contributed by atoms with Gasteiger partial charge in [-0.2, -0.15) is 5.10 Å². The van der Waals surface area contributed by atoms with E-state index in [4.69, 9.17) is 0 Å². The van der Waals surface area contributed by atoms with Crippen LogP contribution in [0.15, 0.2) is 30.6 Å². The largest absolute Gasteiger partial charge is 0.309 e. The molecule has 1 N–H and O–H groups in total. The van der Waals surface area contributed by atoms with Crippen LogP contribution in [0.4, 0.5) is 4.39 Å². The first-order valence-electron chi connectivity index (χ1n) is 6.30. The van der Waals surface area contributed by atoms with Gasteiger partial charge in [0.2, 0.25) is 0 Å². The Balaban J connectivity index is 2.32. The van der Waals surface area contributed by atoms with E-state index in [1.165, 1.54) is 6.07 Å². The number of hydrogen-bond donors (Lipinski definition) is 1. The molecular weight excluding hydrogens is 356 g/mol. The van der Waals surface area contributed by atoms with Crippen LogP contribution in [-0.2, 0) is 6.54 Å². The molecule has 1 atom stereocenters. The minimum absolute atomic E-state index is 0.0399. The number of aryl methyl sites for hydroxylation is 1. The summed E-state index contributed by atoms with van der Waals surface area (Å²) in [4.78, 5) is 0. The lowest BCUT2D eigenvalue weighted by Gasteiger charge is -2.16. The molecule has 0 bridgehead atoms. The Hall–Kier alpha value is -0.950. The standard InChI is InChI=1S/C14H17FIN3/c1-3-6-19-9-10(8-18-19)14(17-2)12-5-4-11(15)7-13(12)16/h4-5,7-9,14,17H,3,6H2,1-2H3. The maximum Gasteiger partial charge on any atom is 0.124 e. The summed E-state index contributed by atoms with van der Waals surface area (Å²) in [5.74, 6) is -0.204. The van der Waals surface area contributed by atoms with Crippen LogP contribution in [-0.4, -0.2) is 16.8 Å².